The normalized spacial score (nSPS) is 11.6. The highest BCUT2D eigenvalue weighted by atomic mass is 16.5. The molecule has 4 heteroatoms. The zero-order valence-corrected chi connectivity index (χ0v) is 11.7. The Hall–Kier alpha value is -1.29. The number of hydrogen-bond donors (Lipinski definition) is 0. The largest absolute Gasteiger partial charge is 0.467 e. The Morgan fingerprint density at radius 1 is 1.44 bits per heavy atom. The average molecular weight is 253 g/mol. The van der Waals surface area contributed by atoms with Crippen LogP contribution >= 0.6 is 0 Å². The molecule has 0 aliphatic rings. The molecule has 1 aromatic rings. The Labute approximate surface area is 109 Å². The van der Waals surface area contributed by atoms with Gasteiger partial charge in [-0.05, 0) is 17.5 Å². The van der Waals surface area contributed by atoms with Gasteiger partial charge in [0.15, 0.2) is 0 Å². The van der Waals surface area contributed by atoms with Gasteiger partial charge in [-0.2, -0.15) is 0 Å². The summed E-state index contributed by atoms with van der Waals surface area (Å²) in [6.07, 6.45) is 2.15. The maximum atomic E-state index is 12.2. The minimum atomic E-state index is -0.00836. The molecule has 0 saturated carbocycles. The van der Waals surface area contributed by atoms with Crippen LogP contribution in [0.5, 0.6) is 0 Å². The number of ether oxygens (including phenoxy) is 1. The van der Waals surface area contributed by atoms with Crippen molar-refractivity contribution < 1.29 is 13.9 Å². The average Bonchev–Trinajstić information content (AvgIpc) is 2.74. The van der Waals surface area contributed by atoms with Crippen molar-refractivity contribution in [2.45, 2.75) is 33.7 Å². The summed E-state index contributed by atoms with van der Waals surface area (Å²) >= 11 is 0. The molecule has 0 fully saturated rings. The second kappa shape index (κ2) is 6.59. The third kappa shape index (κ3) is 5.36. The first kappa shape index (κ1) is 14.8. The maximum absolute atomic E-state index is 12.2. The Balaban J connectivity index is 2.62. The van der Waals surface area contributed by atoms with E-state index in [1.54, 1.807) is 18.3 Å². The van der Waals surface area contributed by atoms with Crippen LogP contribution < -0.4 is 0 Å². The van der Waals surface area contributed by atoms with Gasteiger partial charge in [0, 0.05) is 20.1 Å². The highest BCUT2D eigenvalue weighted by molar-refractivity contribution is 5.76. The van der Waals surface area contributed by atoms with Crippen LogP contribution in [0.15, 0.2) is 22.8 Å². The minimum Gasteiger partial charge on any atom is -0.467 e. The van der Waals surface area contributed by atoms with Crippen molar-refractivity contribution in [3.8, 4) is 0 Å². The first-order chi connectivity index (χ1) is 8.42. The van der Waals surface area contributed by atoms with Gasteiger partial charge in [-0.1, -0.05) is 20.8 Å². The highest BCUT2D eigenvalue weighted by Crippen LogP contribution is 2.20. The zero-order valence-electron chi connectivity index (χ0n) is 11.7. The molecule has 0 spiro atoms. The number of furan rings is 1. The number of carbonyl (C=O) groups excluding carboxylic acids is 1. The number of nitrogens with zero attached hydrogens (tertiary/aromatic N) is 1. The monoisotopic (exact) mass is 253 g/mol. The molecule has 0 aromatic carbocycles. The molecule has 4 nitrogen and oxygen atoms in total. The number of methoxy groups -OCH3 is 1. The van der Waals surface area contributed by atoms with Crippen molar-refractivity contribution in [1.82, 2.24) is 4.90 Å². The molecule has 0 saturated heterocycles. The fourth-order valence-corrected chi connectivity index (χ4v) is 1.65. The van der Waals surface area contributed by atoms with Crippen LogP contribution in [-0.4, -0.2) is 31.1 Å². The van der Waals surface area contributed by atoms with E-state index in [1.165, 1.54) is 0 Å². The van der Waals surface area contributed by atoms with E-state index in [1.807, 2.05) is 12.1 Å². The van der Waals surface area contributed by atoms with Crippen molar-refractivity contribution in [2.24, 2.45) is 5.41 Å². The Morgan fingerprint density at radius 3 is 2.67 bits per heavy atom. The molecule has 0 atom stereocenters. The van der Waals surface area contributed by atoms with Crippen LogP contribution in [0.1, 0.15) is 33.0 Å². The van der Waals surface area contributed by atoms with Crippen molar-refractivity contribution >= 4 is 5.91 Å². The topological polar surface area (TPSA) is 42.7 Å². The SMILES string of the molecule is COCCN(Cc1ccco1)C(=O)CC(C)(C)C. The lowest BCUT2D eigenvalue weighted by atomic mass is 9.91. The molecule has 1 heterocycles. The van der Waals surface area contributed by atoms with Gasteiger partial charge in [-0.15, -0.1) is 0 Å². The van der Waals surface area contributed by atoms with Gasteiger partial charge < -0.3 is 14.1 Å². The summed E-state index contributed by atoms with van der Waals surface area (Å²) in [6, 6.07) is 3.71. The summed E-state index contributed by atoms with van der Waals surface area (Å²) in [6.45, 7) is 7.82. The van der Waals surface area contributed by atoms with Gasteiger partial charge in [0.1, 0.15) is 5.76 Å². The number of hydrogen-bond acceptors (Lipinski definition) is 3. The molecule has 18 heavy (non-hydrogen) atoms. The third-order valence-corrected chi connectivity index (χ3v) is 2.53. The van der Waals surface area contributed by atoms with Crippen molar-refractivity contribution in [1.29, 1.82) is 0 Å². The summed E-state index contributed by atoms with van der Waals surface area (Å²) in [5.74, 6) is 0.935. The number of rotatable bonds is 6. The quantitative estimate of drug-likeness (QED) is 0.782. The lowest BCUT2D eigenvalue weighted by molar-refractivity contribution is -0.134. The first-order valence-corrected chi connectivity index (χ1v) is 6.21. The molecule has 102 valence electrons. The second-order valence-electron chi connectivity index (χ2n) is 5.62. The minimum absolute atomic E-state index is 0.00836. The van der Waals surface area contributed by atoms with E-state index < -0.39 is 0 Å². The molecule has 0 unspecified atom stereocenters. The van der Waals surface area contributed by atoms with Gasteiger partial charge in [0.25, 0.3) is 0 Å². The zero-order chi connectivity index (χ0) is 13.6. The molecule has 0 radical (unpaired) electrons. The van der Waals surface area contributed by atoms with E-state index in [0.717, 1.165) is 5.76 Å². The lowest BCUT2D eigenvalue weighted by Gasteiger charge is -2.25. The van der Waals surface area contributed by atoms with Crippen LogP contribution in [-0.2, 0) is 16.1 Å². The van der Waals surface area contributed by atoms with Gasteiger partial charge in [-0.25, -0.2) is 0 Å². The molecule has 0 aliphatic heterocycles. The van der Waals surface area contributed by atoms with Crippen molar-refractivity contribution in [2.75, 3.05) is 20.3 Å². The molecule has 0 N–H and O–H groups in total. The Bertz CT molecular complexity index is 352. The fraction of sp³-hybridized carbons (Fsp3) is 0.643. The summed E-state index contributed by atoms with van der Waals surface area (Å²) < 4.78 is 10.3. The summed E-state index contributed by atoms with van der Waals surface area (Å²) in [4.78, 5) is 14.0. The van der Waals surface area contributed by atoms with Crippen LogP contribution in [0, 0.1) is 5.41 Å². The molecular formula is C14H23NO3. The van der Waals surface area contributed by atoms with Gasteiger partial charge >= 0.3 is 0 Å². The van der Waals surface area contributed by atoms with E-state index in [2.05, 4.69) is 20.8 Å². The number of carbonyl (C=O) groups is 1. The molecule has 1 amide bonds. The molecule has 1 aromatic heterocycles. The van der Waals surface area contributed by atoms with Crippen molar-refractivity contribution in [3.05, 3.63) is 24.2 Å². The standard InChI is InChI=1S/C14H23NO3/c1-14(2,3)10-13(16)15(7-9-17-4)11-12-6-5-8-18-12/h5-6,8H,7,9-11H2,1-4H3. The predicted octanol–water partition coefficient (Wildman–Crippen LogP) is 2.69. The van der Waals surface area contributed by atoms with Gasteiger partial charge in [-0.3, -0.25) is 4.79 Å². The Kier molecular flexibility index (Phi) is 5.41. The molecule has 0 bridgehead atoms. The Morgan fingerprint density at radius 2 is 2.17 bits per heavy atom. The molecule has 1 rings (SSSR count). The van der Waals surface area contributed by atoms with Gasteiger partial charge in [0.05, 0.1) is 19.4 Å². The highest BCUT2D eigenvalue weighted by Gasteiger charge is 2.21. The first-order valence-electron chi connectivity index (χ1n) is 6.21. The smallest absolute Gasteiger partial charge is 0.223 e. The van der Waals surface area contributed by atoms with Crippen molar-refractivity contribution in [3.63, 3.8) is 0 Å². The van der Waals surface area contributed by atoms with Crippen LogP contribution in [0.4, 0.5) is 0 Å². The van der Waals surface area contributed by atoms with Crippen LogP contribution in [0.3, 0.4) is 0 Å². The van der Waals surface area contributed by atoms with Gasteiger partial charge in [0.2, 0.25) is 5.91 Å². The summed E-state index contributed by atoms with van der Waals surface area (Å²) in [5, 5.41) is 0. The van der Waals surface area contributed by atoms with E-state index >= 15 is 0 Å². The molecular weight excluding hydrogens is 230 g/mol. The number of amides is 1. The third-order valence-electron chi connectivity index (χ3n) is 2.53. The van der Waals surface area contributed by atoms with Crippen LogP contribution in [0.25, 0.3) is 0 Å². The van der Waals surface area contributed by atoms with E-state index in [9.17, 15) is 4.79 Å². The lowest BCUT2D eigenvalue weighted by Crippen LogP contribution is -2.35. The maximum Gasteiger partial charge on any atom is 0.223 e. The molecule has 0 aliphatic carbocycles. The summed E-state index contributed by atoms with van der Waals surface area (Å²) in [5.41, 5.74) is -0.00836. The van der Waals surface area contributed by atoms with E-state index in [4.69, 9.17) is 9.15 Å². The van der Waals surface area contributed by atoms with E-state index in [0.29, 0.717) is 26.1 Å². The second-order valence-corrected chi connectivity index (χ2v) is 5.62. The van der Waals surface area contributed by atoms with E-state index in [-0.39, 0.29) is 11.3 Å². The predicted molar refractivity (Wildman–Crippen MR) is 70.1 cm³/mol. The summed E-state index contributed by atoms with van der Waals surface area (Å²) in [7, 11) is 1.64. The fourth-order valence-electron chi connectivity index (χ4n) is 1.65. The van der Waals surface area contributed by atoms with Crippen LogP contribution in [0.2, 0.25) is 0 Å².